The van der Waals surface area contributed by atoms with Gasteiger partial charge >= 0.3 is 0 Å². The van der Waals surface area contributed by atoms with Gasteiger partial charge in [0.1, 0.15) is 0 Å². The molecule has 1 N–H and O–H groups in total. The number of rotatable bonds is 6. The zero-order valence-corrected chi connectivity index (χ0v) is 12.2. The lowest BCUT2D eigenvalue weighted by atomic mass is 10.2. The topological polar surface area (TPSA) is 38.1 Å². The second kappa shape index (κ2) is 6.78. The van der Waals surface area contributed by atoms with Crippen LogP contribution in [0.25, 0.3) is 0 Å². The highest BCUT2D eigenvalue weighted by atomic mass is 32.2. The molecule has 0 aliphatic carbocycles. The third-order valence-corrected chi connectivity index (χ3v) is 4.30. The lowest BCUT2D eigenvalue weighted by Gasteiger charge is -2.10. The molecule has 19 heavy (non-hydrogen) atoms. The van der Waals surface area contributed by atoms with E-state index in [2.05, 4.69) is 35.5 Å². The van der Waals surface area contributed by atoms with Gasteiger partial charge in [-0.05, 0) is 12.0 Å². The standard InChI is InChI=1S/C15H20N2OS/c1-3-12(2)19-15-16-14(11-18)10-17(15)9-13-7-5-4-6-8-13/h4-8,10,12,18H,3,9,11H2,1-2H3. The second-order valence-corrected chi connectivity index (χ2v) is 6.03. The van der Waals surface area contributed by atoms with Crippen molar-refractivity contribution >= 4 is 11.8 Å². The van der Waals surface area contributed by atoms with Gasteiger partial charge in [-0.1, -0.05) is 55.9 Å². The number of imidazole rings is 1. The van der Waals surface area contributed by atoms with Crippen molar-refractivity contribution in [3.63, 3.8) is 0 Å². The maximum Gasteiger partial charge on any atom is 0.168 e. The van der Waals surface area contributed by atoms with Crippen LogP contribution in [0.15, 0.2) is 41.7 Å². The maximum absolute atomic E-state index is 9.25. The second-order valence-electron chi connectivity index (χ2n) is 4.62. The quantitative estimate of drug-likeness (QED) is 0.823. The van der Waals surface area contributed by atoms with Crippen molar-refractivity contribution in [2.45, 2.75) is 43.8 Å². The largest absolute Gasteiger partial charge is 0.390 e. The summed E-state index contributed by atoms with van der Waals surface area (Å²) in [6.45, 7) is 5.17. The molecule has 0 aliphatic rings. The molecule has 1 aromatic heterocycles. The summed E-state index contributed by atoms with van der Waals surface area (Å²) in [5.41, 5.74) is 1.98. The Morgan fingerprint density at radius 2 is 2.05 bits per heavy atom. The number of thioether (sulfide) groups is 1. The minimum absolute atomic E-state index is 0.00411. The molecule has 0 spiro atoms. The van der Waals surface area contributed by atoms with Gasteiger partial charge < -0.3 is 9.67 Å². The molecule has 102 valence electrons. The van der Waals surface area contributed by atoms with Crippen molar-refractivity contribution in [3.8, 4) is 0 Å². The predicted molar refractivity (Wildman–Crippen MR) is 79.3 cm³/mol. The van der Waals surface area contributed by atoms with Crippen LogP contribution in [0.2, 0.25) is 0 Å². The molecule has 2 rings (SSSR count). The Balaban J connectivity index is 2.20. The van der Waals surface area contributed by atoms with E-state index < -0.39 is 0 Å². The van der Waals surface area contributed by atoms with Gasteiger partial charge in [0.25, 0.3) is 0 Å². The molecule has 0 saturated heterocycles. The monoisotopic (exact) mass is 276 g/mol. The molecule has 4 heteroatoms. The van der Waals surface area contributed by atoms with Crippen LogP contribution in [0.4, 0.5) is 0 Å². The molecule has 0 bridgehead atoms. The summed E-state index contributed by atoms with van der Waals surface area (Å²) < 4.78 is 2.12. The van der Waals surface area contributed by atoms with Gasteiger partial charge in [0.2, 0.25) is 0 Å². The fourth-order valence-electron chi connectivity index (χ4n) is 1.78. The minimum atomic E-state index is -0.00411. The van der Waals surface area contributed by atoms with Crippen LogP contribution in [0.3, 0.4) is 0 Å². The summed E-state index contributed by atoms with van der Waals surface area (Å²) in [6, 6.07) is 10.3. The third kappa shape index (κ3) is 3.85. The lowest BCUT2D eigenvalue weighted by Crippen LogP contribution is -2.03. The zero-order chi connectivity index (χ0) is 13.7. The summed E-state index contributed by atoms with van der Waals surface area (Å²) in [5.74, 6) is 0. The van der Waals surface area contributed by atoms with E-state index in [0.717, 1.165) is 23.8 Å². The molecular weight excluding hydrogens is 256 g/mol. The van der Waals surface area contributed by atoms with E-state index in [4.69, 9.17) is 0 Å². The molecule has 0 saturated carbocycles. The van der Waals surface area contributed by atoms with Crippen molar-refractivity contribution in [3.05, 3.63) is 47.8 Å². The predicted octanol–water partition coefficient (Wildman–Crippen LogP) is 3.31. The summed E-state index contributed by atoms with van der Waals surface area (Å²) in [5, 5.41) is 10.8. The van der Waals surface area contributed by atoms with Crippen molar-refractivity contribution in [1.29, 1.82) is 0 Å². The van der Waals surface area contributed by atoms with E-state index in [1.54, 1.807) is 11.8 Å². The molecule has 1 atom stereocenters. The van der Waals surface area contributed by atoms with Crippen LogP contribution in [-0.2, 0) is 13.2 Å². The lowest BCUT2D eigenvalue weighted by molar-refractivity contribution is 0.277. The van der Waals surface area contributed by atoms with Crippen LogP contribution in [0, 0.1) is 0 Å². The molecule has 1 aromatic carbocycles. The minimum Gasteiger partial charge on any atom is -0.390 e. The van der Waals surface area contributed by atoms with Gasteiger partial charge in [-0.25, -0.2) is 4.98 Å². The Labute approximate surface area is 118 Å². The molecule has 0 radical (unpaired) electrons. The summed E-state index contributed by atoms with van der Waals surface area (Å²) in [6.07, 6.45) is 3.05. The van der Waals surface area contributed by atoms with Crippen molar-refractivity contribution < 1.29 is 5.11 Å². The maximum atomic E-state index is 9.25. The van der Waals surface area contributed by atoms with Crippen LogP contribution >= 0.6 is 11.8 Å². The molecule has 3 nitrogen and oxygen atoms in total. The van der Waals surface area contributed by atoms with Gasteiger partial charge in [0.05, 0.1) is 12.3 Å². The highest BCUT2D eigenvalue weighted by molar-refractivity contribution is 7.99. The molecule has 1 unspecified atom stereocenters. The third-order valence-electron chi connectivity index (χ3n) is 3.03. The van der Waals surface area contributed by atoms with E-state index in [1.165, 1.54) is 5.56 Å². The van der Waals surface area contributed by atoms with Gasteiger partial charge in [-0.15, -0.1) is 0 Å². The van der Waals surface area contributed by atoms with Crippen LogP contribution in [-0.4, -0.2) is 19.9 Å². The number of hydrogen-bond donors (Lipinski definition) is 1. The number of aliphatic hydroxyl groups is 1. The van der Waals surface area contributed by atoms with E-state index in [0.29, 0.717) is 5.25 Å². The van der Waals surface area contributed by atoms with Gasteiger partial charge in [-0.2, -0.15) is 0 Å². The first-order valence-electron chi connectivity index (χ1n) is 6.60. The average molecular weight is 276 g/mol. The fourth-order valence-corrected chi connectivity index (χ4v) is 2.73. The van der Waals surface area contributed by atoms with Gasteiger partial charge in [0.15, 0.2) is 5.16 Å². The highest BCUT2D eigenvalue weighted by Crippen LogP contribution is 2.25. The number of aromatic nitrogens is 2. The van der Waals surface area contributed by atoms with Crippen LogP contribution in [0.1, 0.15) is 31.5 Å². The molecule has 0 fully saturated rings. The molecule has 0 amide bonds. The number of aliphatic hydroxyl groups excluding tert-OH is 1. The molecule has 0 aliphatic heterocycles. The SMILES string of the molecule is CCC(C)Sc1nc(CO)cn1Cc1ccccc1. The molecular formula is C15H20N2OS. The normalized spacial score (nSPS) is 12.6. The number of hydrogen-bond acceptors (Lipinski definition) is 3. The number of nitrogens with zero attached hydrogens (tertiary/aromatic N) is 2. The average Bonchev–Trinajstić information content (AvgIpc) is 2.82. The van der Waals surface area contributed by atoms with E-state index >= 15 is 0 Å². The van der Waals surface area contributed by atoms with Crippen LogP contribution < -0.4 is 0 Å². The first-order valence-corrected chi connectivity index (χ1v) is 7.48. The Bertz CT molecular complexity index is 510. The summed E-state index contributed by atoms with van der Waals surface area (Å²) >= 11 is 1.77. The Morgan fingerprint density at radius 3 is 2.68 bits per heavy atom. The van der Waals surface area contributed by atoms with Gasteiger partial charge in [-0.3, -0.25) is 0 Å². The first-order chi connectivity index (χ1) is 9.22. The first kappa shape index (κ1) is 14.2. The number of benzene rings is 1. The Hall–Kier alpha value is -1.26. The van der Waals surface area contributed by atoms with E-state index in [9.17, 15) is 5.11 Å². The van der Waals surface area contributed by atoms with Crippen molar-refractivity contribution in [2.75, 3.05) is 0 Å². The highest BCUT2D eigenvalue weighted by Gasteiger charge is 2.11. The fraction of sp³-hybridized carbons (Fsp3) is 0.400. The Morgan fingerprint density at radius 1 is 1.32 bits per heavy atom. The molecule has 1 heterocycles. The van der Waals surface area contributed by atoms with Crippen molar-refractivity contribution in [2.24, 2.45) is 0 Å². The summed E-state index contributed by atoms with van der Waals surface area (Å²) in [4.78, 5) is 4.49. The van der Waals surface area contributed by atoms with Crippen molar-refractivity contribution in [1.82, 2.24) is 9.55 Å². The van der Waals surface area contributed by atoms with E-state index in [1.807, 2.05) is 24.4 Å². The van der Waals surface area contributed by atoms with E-state index in [-0.39, 0.29) is 6.61 Å². The smallest absolute Gasteiger partial charge is 0.168 e. The summed E-state index contributed by atoms with van der Waals surface area (Å²) in [7, 11) is 0. The van der Waals surface area contributed by atoms with Gasteiger partial charge in [0, 0.05) is 18.0 Å². The molecule has 2 aromatic rings. The van der Waals surface area contributed by atoms with Crippen LogP contribution in [0.5, 0.6) is 0 Å². The zero-order valence-electron chi connectivity index (χ0n) is 11.4. The Kier molecular flexibility index (Phi) is 5.05.